The maximum atomic E-state index is 5.04. The summed E-state index contributed by atoms with van der Waals surface area (Å²) in [6.07, 6.45) is 0. The quantitative estimate of drug-likeness (QED) is 0.529. The smallest absolute Gasteiger partial charge is 0.182 e. The molecule has 0 atom stereocenters. The molecule has 0 heterocycles. The van der Waals surface area contributed by atoms with Gasteiger partial charge in [-0.15, -0.1) is 0 Å². The van der Waals surface area contributed by atoms with Gasteiger partial charge < -0.3 is 0 Å². The summed E-state index contributed by atoms with van der Waals surface area (Å²) in [7, 11) is 20.9. The Bertz CT molecular complexity index is 37.1. The summed E-state index contributed by atoms with van der Waals surface area (Å²) in [5.41, 5.74) is 0. The summed E-state index contributed by atoms with van der Waals surface area (Å²) < 4.78 is 0. The lowest BCUT2D eigenvalue weighted by Crippen LogP contribution is -2.14. The van der Waals surface area contributed by atoms with Crippen molar-refractivity contribution in [3.8, 4) is 0 Å². The molecule has 0 fully saturated rings. The fraction of sp³-hybridized carbons (Fsp3) is 0. The molecular weight excluding hydrogens is 202 g/mol. The van der Waals surface area contributed by atoms with Crippen molar-refractivity contribution < 1.29 is 0 Å². The third-order valence-electron chi connectivity index (χ3n) is 0. The molecule has 6 heteroatoms. The van der Waals surface area contributed by atoms with E-state index >= 15 is 0 Å². The molecule has 6 heavy (non-hydrogen) atoms. The lowest BCUT2D eigenvalue weighted by molar-refractivity contribution is 3.57. The van der Waals surface area contributed by atoms with Crippen LogP contribution < -0.4 is 0 Å². The summed E-state index contributed by atoms with van der Waals surface area (Å²) in [6, 6.07) is 0. The Morgan fingerprint density at radius 3 is 0.667 bits per heavy atom. The van der Waals surface area contributed by atoms with E-state index in [1.165, 1.54) is 0 Å². The number of hydrogen-bond acceptors (Lipinski definition) is 0. The molecule has 0 rings (SSSR count). The van der Waals surface area contributed by atoms with Crippen molar-refractivity contribution in [1.82, 2.24) is 0 Å². The molecule has 0 nitrogen and oxygen atoms in total. The van der Waals surface area contributed by atoms with Crippen LogP contribution in [0.2, 0.25) is 0 Å². The minimum atomic E-state index is -4.29. The molecule has 1 radical (unpaired) electrons. The molecule has 0 aliphatic carbocycles. The molecule has 0 aliphatic rings. The number of hydrogen-bond donors (Lipinski definition) is 0. The first kappa shape index (κ1) is 8.22. The Morgan fingerprint density at radius 1 is 0.667 bits per heavy atom. The van der Waals surface area contributed by atoms with Crippen molar-refractivity contribution >= 4 is 56.2 Å². The molecule has 0 aromatic heterocycles. The molecule has 37 valence electrons. The van der Waals surface area contributed by atoms with E-state index in [-0.39, 0.29) is 0 Å². The van der Waals surface area contributed by atoms with Crippen LogP contribution in [0, 0.1) is 0 Å². The fourth-order valence-electron chi connectivity index (χ4n) is 0. The van der Waals surface area contributed by atoms with E-state index in [9.17, 15) is 0 Å². The van der Waals surface area contributed by atoms with Crippen LogP contribution in [0.3, 0.4) is 0 Å². The maximum absolute atomic E-state index is 5.04. The van der Waals surface area contributed by atoms with Gasteiger partial charge in [0, 0.05) is 0 Å². The van der Waals surface area contributed by atoms with Crippen LogP contribution in [0.4, 0.5) is 0 Å². The standard InChI is InChI=1S/5ClH.Mg/h5*1H;/q;;;;;+5/p-5. The van der Waals surface area contributed by atoms with Gasteiger partial charge >= 0.3 is 10.8 Å². The summed E-state index contributed by atoms with van der Waals surface area (Å²) in [5, 5.41) is 0. The zero-order valence-corrected chi connectivity index (χ0v) is 7.79. The van der Waals surface area contributed by atoms with Crippen LogP contribution in [0.15, 0.2) is 0 Å². The van der Waals surface area contributed by atoms with Gasteiger partial charge in [0.2, 0.25) is 0 Å². The van der Waals surface area contributed by atoms with Crippen LogP contribution in [0.1, 0.15) is 0 Å². The van der Waals surface area contributed by atoms with Gasteiger partial charge in [0.1, 0.15) is 0 Å². The van der Waals surface area contributed by atoms with E-state index in [1.807, 2.05) is 0 Å². The molecule has 0 saturated carbocycles. The highest BCUT2D eigenvalue weighted by molar-refractivity contribution is 8.04. The van der Waals surface area contributed by atoms with Gasteiger partial charge in [-0.3, -0.25) is 0 Å². The SMILES string of the molecule is [Cl][Mg]([Cl])([Cl])([Cl])[Cl]. The summed E-state index contributed by atoms with van der Waals surface area (Å²) in [4.78, 5) is 0. The summed E-state index contributed by atoms with van der Waals surface area (Å²) in [6.45, 7) is 0. The van der Waals surface area contributed by atoms with E-state index < -0.39 is 10.8 Å². The number of halogens is 5. The van der Waals surface area contributed by atoms with Crippen molar-refractivity contribution in [3.63, 3.8) is 0 Å². The molecule has 0 aromatic rings. The normalized spacial score (nSPS) is 15.0. The van der Waals surface area contributed by atoms with Gasteiger partial charge in [-0.2, -0.15) is 45.4 Å². The summed E-state index contributed by atoms with van der Waals surface area (Å²) >= 11 is 0. The van der Waals surface area contributed by atoms with Crippen molar-refractivity contribution in [2.75, 3.05) is 0 Å². The first-order valence-corrected chi connectivity index (χ1v) is 12.0. The third-order valence-corrected chi connectivity index (χ3v) is 0. The zero-order chi connectivity index (χ0) is 5.45. The van der Waals surface area contributed by atoms with Gasteiger partial charge in [0.25, 0.3) is 0 Å². The Hall–Kier alpha value is 2.22. The lowest BCUT2D eigenvalue weighted by atomic mass is 23.9. The van der Waals surface area contributed by atoms with Crippen LogP contribution in [-0.4, -0.2) is 10.8 Å². The minimum Gasteiger partial charge on any atom is -0.182 e. The highest BCUT2D eigenvalue weighted by Gasteiger charge is 2.67. The second-order valence-electron chi connectivity index (χ2n) is 1.01. The average molecular weight is 202 g/mol. The van der Waals surface area contributed by atoms with E-state index in [2.05, 4.69) is 0 Å². The topological polar surface area (TPSA) is 0 Å². The third kappa shape index (κ3) is 34.4. The van der Waals surface area contributed by atoms with E-state index in [0.29, 0.717) is 0 Å². The molecule has 0 amide bonds. The largest absolute Gasteiger partial charge is 0.909 e. The van der Waals surface area contributed by atoms with E-state index in [1.54, 1.807) is 0 Å². The zero-order valence-electron chi connectivity index (χ0n) is 2.60. The Balaban J connectivity index is 3.73. The average Bonchev–Trinajstić information content (AvgIpc) is 0.650. The van der Waals surface area contributed by atoms with Crippen molar-refractivity contribution in [1.29, 1.82) is 0 Å². The number of rotatable bonds is 0. The maximum Gasteiger partial charge on any atom is 0.909 e. The van der Waals surface area contributed by atoms with E-state index in [4.69, 9.17) is 45.4 Å². The van der Waals surface area contributed by atoms with Gasteiger partial charge in [0.15, 0.2) is 0 Å². The van der Waals surface area contributed by atoms with Crippen molar-refractivity contribution in [2.24, 2.45) is 0 Å². The Kier molecular flexibility index (Phi) is 2.56. The first-order chi connectivity index (χ1) is 2.24. The first-order valence-electron chi connectivity index (χ1n) is 1.34. The summed E-state index contributed by atoms with van der Waals surface area (Å²) in [5.74, 6) is 0. The van der Waals surface area contributed by atoms with Crippen molar-refractivity contribution in [3.05, 3.63) is 0 Å². The Labute approximate surface area is 55.5 Å². The minimum absolute atomic E-state index is 4.29. The molecule has 0 saturated heterocycles. The predicted octanol–water partition coefficient (Wildman–Crippen LogP) is 3.07. The molecule has 0 bridgehead atoms. The van der Waals surface area contributed by atoms with Gasteiger partial charge in [-0.25, -0.2) is 0 Å². The predicted molar refractivity (Wildman–Crippen MR) is 35.0 cm³/mol. The van der Waals surface area contributed by atoms with Crippen LogP contribution >= 0.6 is 45.4 Å². The molecular formula is Cl5Mg. The van der Waals surface area contributed by atoms with Crippen LogP contribution in [-0.2, 0) is 0 Å². The Morgan fingerprint density at radius 2 is 0.667 bits per heavy atom. The fourth-order valence-corrected chi connectivity index (χ4v) is 0. The molecule has 0 unspecified atom stereocenters. The molecule has 0 spiro atoms. The van der Waals surface area contributed by atoms with Gasteiger partial charge in [0.05, 0.1) is 0 Å². The van der Waals surface area contributed by atoms with Crippen LogP contribution in [0.5, 0.6) is 0 Å². The highest BCUT2D eigenvalue weighted by atomic mass is 35.9. The molecule has 0 aromatic carbocycles. The highest BCUT2D eigenvalue weighted by Crippen LogP contribution is 2.46. The second-order valence-corrected chi connectivity index (χ2v) is 27.3. The van der Waals surface area contributed by atoms with Crippen LogP contribution in [0.25, 0.3) is 0 Å². The van der Waals surface area contributed by atoms with Gasteiger partial charge in [-0.05, 0) is 0 Å². The molecule has 0 aliphatic heterocycles. The van der Waals surface area contributed by atoms with Gasteiger partial charge in [-0.1, -0.05) is 0 Å². The monoisotopic (exact) mass is 199 g/mol. The second kappa shape index (κ2) is 1.87. The van der Waals surface area contributed by atoms with Crippen molar-refractivity contribution in [2.45, 2.75) is 0 Å². The molecule has 0 N–H and O–H groups in total. The van der Waals surface area contributed by atoms with E-state index in [0.717, 1.165) is 0 Å². The lowest BCUT2D eigenvalue weighted by Gasteiger charge is -1.94.